The van der Waals surface area contributed by atoms with Gasteiger partial charge in [0.05, 0.1) is 33.9 Å². The summed E-state index contributed by atoms with van der Waals surface area (Å²) < 4.78 is 30.2. The van der Waals surface area contributed by atoms with E-state index in [9.17, 15) is 19.5 Å². The number of methoxy groups -OCH3 is 1. The summed E-state index contributed by atoms with van der Waals surface area (Å²) in [6, 6.07) is 10.1. The molecule has 3 aromatic rings. The maximum Gasteiger partial charge on any atom is 0.306 e. The third-order valence-electron chi connectivity index (χ3n) is 10.1. The van der Waals surface area contributed by atoms with Gasteiger partial charge in [-0.05, 0) is 69.2 Å². The second-order valence-corrected chi connectivity index (χ2v) is 13.8. The molecule has 6 rings (SSSR count). The number of aromatic nitrogens is 1. The number of nitrogens with one attached hydrogen (secondary N) is 1. The van der Waals surface area contributed by atoms with E-state index >= 15 is 4.39 Å². The number of likely N-dealkylation sites (tertiary alicyclic amines) is 2. The first-order valence-electron chi connectivity index (χ1n) is 16.3. The normalized spacial score (nSPS) is 22.9. The topological polar surface area (TPSA) is 113 Å². The molecule has 1 atom stereocenters. The summed E-state index contributed by atoms with van der Waals surface area (Å²) >= 11 is 6.62. The van der Waals surface area contributed by atoms with E-state index in [1.54, 1.807) is 13.3 Å². The highest BCUT2D eigenvalue weighted by Crippen LogP contribution is 2.41. The van der Waals surface area contributed by atoms with Crippen LogP contribution in [0, 0.1) is 11.7 Å². The molecule has 1 unspecified atom stereocenters. The molecule has 10 nitrogen and oxygen atoms in total. The smallest absolute Gasteiger partial charge is 0.306 e. The number of ether oxygens (including phenoxy) is 2. The summed E-state index contributed by atoms with van der Waals surface area (Å²) in [5.74, 6) is -4.12. The molecular formula is C35H42ClFN4O6. The Labute approximate surface area is 278 Å². The highest BCUT2D eigenvalue weighted by molar-refractivity contribution is 6.34. The minimum Gasteiger partial charge on any atom is -0.481 e. The molecule has 2 N–H and O–H groups in total. The number of ketones is 1. The van der Waals surface area contributed by atoms with Crippen molar-refractivity contribution in [2.75, 3.05) is 38.6 Å². The van der Waals surface area contributed by atoms with E-state index in [0.29, 0.717) is 57.4 Å². The van der Waals surface area contributed by atoms with Crippen molar-refractivity contribution in [2.45, 2.75) is 69.4 Å². The highest BCUT2D eigenvalue weighted by Gasteiger charge is 2.59. The highest BCUT2D eigenvalue weighted by atomic mass is 35.5. The first kappa shape index (κ1) is 33.5. The molecule has 3 heterocycles. The van der Waals surface area contributed by atoms with Gasteiger partial charge in [-0.2, -0.15) is 0 Å². The van der Waals surface area contributed by atoms with E-state index < -0.39 is 35.1 Å². The fourth-order valence-electron chi connectivity index (χ4n) is 7.37. The third kappa shape index (κ3) is 6.44. The van der Waals surface area contributed by atoms with Gasteiger partial charge in [-0.1, -0.05) is 29.8 Å². The van der Waals surface area contributed by atoms with Gasteiger partial charge in [-0.25, -0.2) is 4.39 Å². The molecule has 0 spiro atoms. The molecule has 0 bridgehead atoms. The Hall–Kier alpha value is -3.35. The van der Waals surface area contributed by atoms with Gasteiger partial charge in [0.1, 0.15) is 5.82 Å². The van der Waals surface area contributed by atoms with Gasteiger partial charge in [0.25, 0.3) is 5.91 Å². The lowest BCUT2D eigenvalue weighted by molar-refractivity contribution is -0.297. The van der Waals surface area contributed by atoms with Gasteiger partial charge in [0, 0.05) is 63.9 Å². The van der Waals surface area contributed by atoms with Crippen molar-refractivity contribution < 1.29 is 33.4 Å². The van der Waals surface area contributed by atoms with Crippen LogP contribution in [0.4, 0.5) is 10.1 Å². The Morgan fingerprint density at radius 2 is 1.77 bits per heavy atom. The maximum absolute atomic E-state index is 15.8. The van der Waals surface area contributed by atoms with Crippen molar-refractivity contribution >= 4 is 45.9 Å². The van der Waals surface area contributed by atoms with Gasteiger partial charge in [-0.15, -0.1) is 0 Å². The summed E-state index contributed by atoms with van der Waals surface area (Å²) in [6.45, 7) is 4.14. The lowest BCUT2D eigenvalue weighted by atomic mass is 9.87. The van der Waals surface area contributed by atoms with E-state index in [-0.39, 0.29) is 34.6 Å². The van der Waals surface area contributed by atoms with Crippen molar-refractivity contribution in [2.24, 2.45) is 13.0 Å². The summed E-state index contributed by atoms with van der Waals surface area (Å²) in [7, 11) is 3.49. The average molecular weight is 669 g/mol. The molecule has 2 aliphatic heterocycles. The average Bonchev–Trinajstić information content (AvgIpc) is 3.70. The van der Waals surface area contributed by atoms with Gasteiger partial charge < -0.3 is 24.5 Å². The molecule has 0 radical (unpaired) electrons. The lowest BCUT2D eigenvalue weighted by Crippen LogP contribution is -2.77. The number of Topliss-reactive ketones (excluding diaryl/α,β-unsaturated/α-hetero) is 1. The standard InChI is InChI=1S/C35H42ClFN4O6/c1-34(46-3)20-41(21-34)35(40-14-6-7-15-40,47-24-12-10-22(11-13-24)33(44)45)31(42)17-23-16-27(36)29(18-28(23)37)38-32(43)26-19-39(2)30-9-5-4-8-25(26)30/h4-5,8-9,16,18-19,22,24H,6-7,10-15,17,20-21H2,1-3H3,(H,38,43)(H,44,45). The van der Waals surface area contributed by atoms with Gasteiger partial charge in [0.15, 0.2) is 5.78 Å². The van der Waals surface area contributed by atoms with Gasteiger partial charge in [0.2, 0.25) is 5.85 Å². The molecule has 1 saturated carbocycles. The number of carboxylic acid groups (broad SMARTS) is 1. The Balaban J connectivity index is 1.27. The second-order valence-electron chi connectivity index (χ2n) is 13.4. The Kier molecular flexibility index (Phi) is 9.48. The van der Waals surface area contributed by atoms with Crippen molar-refractivity contribution in [3.05, 3.63) is 64.6 Å². The van der Waals surface area contributed by atoms with Crippen LogP contribution in [-0.4, -0.2) is 88.0 Å². The summed E-state index contributed by atoms with van der Waals surface area (Å²) in [5.41, 5.74) is 1.06. The van der Waals surface area contributed by atoms with E-state index in [1.165, 1.54) is 6.07 Å². The number of benzene rings is 2. The molecule has 3 aliphatic rings. The van der Waals surface area contributed by atoms with Crippen LogP contribution < -0.4 is 5.32 Å². The fraction of sp³-hybridized carbons (Fsp3) is 0.514. The summed E-state index contributed by atoms with van der Waals surface area (Å²) in [5, 5.41) is 13.1. The fourth-order valence-corrected chi connectivity index (χ4v) is 7.61. The third-order valence-corrected chi connectivity index (χ3v) is 10.4. The van der Waals surface area contributed by atoms with Crippen molar-refractivity contribution in [1.82, 2.24) is 14.4 Å². The monoisotopic (exact) mass is 668 g/mol. The van der Waals surface area contributed by atoms with E-state index in [2.05, 4.69) is 5.32 Å². The number of rotatable bonds is 11. The Morgan fingerprint density at radius 1 is 1.09 bits per heavy atom. The Morgan fingerprint density at radius 3 is 2.43 bits per heavy atom. The molecule has 1 aliphatic carbocycles. The molecule has 3 fully saturated rings. The van der Waals surface area contributed by atoms with Crippen LogP contribution in [0.3, 0.4) is 0 Å². The zero-order valence-corrected chi connectivity index (χ0v) is 27.8. The predicted molar refractivity (Wildman–Crippen MR) is 176 cm³/mol. The first-order valence-corrected chi connectivity index (χ1v) is 16.6. The van der Waals surface area contributed by atoms with Crippen LogP contribution in [0.25, 0.3) is 10.9 Å². The van der Waals surface area contributed by atoms with Crippen molar-refractivity contribution in [3.63, 3.8) is 0 Å². The minimum atomic E-state index is -1.46. The number of carboxylic acids is 1. The van der Waals surface area contributed by atoms with Crippen LogP contribution in [-0.2, 0) is 32.5 Å². The number of aliphatic carboxylic acids is 1. The molecular weight excluding hydrogens is 627 g/mol. The number of nitrogens with zero attached hydrogens (tertiary/aromatic N) is 3. The molecule has 1 amide bonds. The predicted octanol–water partition coefficient (Wildman–Crippen LogP) is 5.47. The lowest BCUT2D eigenvalue weighted by Gasteiger charge is -2.58. The Bertz CT molecular complexity index is 1680. The van der Waals surface area contributed by atoms with Crippen LogP contribution in [0.1, 0.15) is 61.4 Å². The molecule has 2 aromatic carbocycles. The number of fused-ring (bicyclic) bond motifs is 1. The van der Waals surface area contributed by atoms with Crippen molar-refractivity contribution in [1.29, 1.82) is 0 Å². The molecule has 12 heteroatoms. The van der Waals surface area contributed by atoms with E-state index in [4.69, 9.17) is 21.1 Å². The van der Waals surface area contributed by atoms with Crippen LogP contribution in [0.2, 0.25) is 5.02 Å². The van der Waals surface area contributed by atoms with Crippen LogP contribution in [0.5, 0.6) is 0 Å². The number of carbonyl (C=O) groups is 3. The molecule has 47 heavy (non-hydrogen) atoms. The van der Waals surface area contributed by atoms with Crippen LogP contribution >= 0.6 is 11.6 Å². The van der Waals surface area contributed by atoms with Gasteiger partial charge in [-0.3, -0.25) is 24.2 Å². The minimum absolute atomic E-state index is 0.0972. The molecule has 2 saturated heterocycles. The summed E-state index contributed by atoms with van der Waals surface area (Å²) in [6.07, 6.45) is 4.85. The van der Waals surface area contributed by atoms with E-state index in [1.807, 2.05) is 52.6 Å². The molecule has 252 valence electrons. The quantitative estimate of drug-likeness (QED) is 0.277. The van der Waals surface area contributed by atoms with Gasteiger partial charge >= 0.3 is 5.97 Å². The second kappa shape index (κ2) is 13.3. The number of hydrogen-bond donors (Lipinski definition) is 2. The zero-order valence-electron chi connectivity index (χ0n) is 27.1. The zero-order chi connectivity index (χ0) is 33.5. The number of aryl methyl sites for hydroxylation is 1. The van der Waals surface area contributed by atoms with Crippen LogP contribution in [0.15, 0.2) is 42.6 Å². The summed E-state index contributed by atoms with van der Waals surface area (Å²) in [4.78, 5) is 43.5. The number of carbonyl (C=O) groups excluding carboxylic acids is 2. The van der Waals surface area contributed by atoms with E-state index in [0.717, 1.165) is 29.8 Å². The first-order chi connectivity index (χ1) is 22.4. The van der Waals surface area contributed by atoms with Crippen molar-refractivity contribution in [3.8, 4) is 0 Å². The SMILES string of the molecule is COC1(C)CN(C(OC2CCC(C(=O)O)CC2)(C(=O)Cc2cc(Cl)c(NC(=O)c3cn(C)c4ccccc34)cc2F)N2CCCC2)C1. The number of anilines is 1. The number of amides is 1. The largest absolute Gasteiger partial charge is 0.481 e. The maximum atomic E-state index is 15.8. The number of halogens is 2. The number of para-hydroxylation sites is 1. The number of hydrogen-bond acceptors (Lipinski definition) is 7. The molecule has 1 aromatic heterocycles.